The molecular weight excluding hydrogens is 252 g/mol. The van der Waals surface area contributed by atoms with Crippen molar-refractivity contribution in [1.82, 2.24) is 20.2 Å². The first-order valence-electron chi connectivity index (χ1n) is 7.51. The fourth-order valence-electron chi connectivity index (χ4n) is 3.23. The molecule has 0 aliphatic heterocycles. The highest BCUT2D eigenvalue weighted by Gasteiger charge is 2.23. The molecule has 0 aromatic carbocycles. The Morgan fingerprint density at radius 1 is 1.35 bits per heavy atom. The molecular formula is C14H22N6. The van der Waals surface area contributed by atoms with Crippen LogP contribution in [-0.4, -0.2) is 26.2 Å². The minimum Gasteiger partial charge on any atom is -0.368 e. The number of nitrogens with zero attached hydrogens (tertiary/aromatic N) is 3. The van der Waals surface area contributed by atoms with Gasteiger partial charge in [0, 0.05) is 6.04 Å². The van der Waals surface area contributed by atoms with Crippen LogP contribution in [0.25, 0.3) is 11.0 Å². The lowest BCUT2D eigenvalue weighted by atomic mass is 9.83. The molecule has 0 radical (unpaired) electrons. The number of hydrogen-bond donors (Lipinski definition) is 3. The van der Waals surface area contributed by atoms with Gasteiger partial charge in [-0.2, -0.15) is 15.1 Å². The zero-order valence-corrected chi connectivity index (χ0v) is 11.9. The normalized spacial score (nSPS) is 18.2. The summed E-state index contributed by atoms with van der Waals surface area (Å²) in [7, 11) is 0. The fourth-order valence-corrected chi connectivity index (χ4v) is 3.23. The number of rotatable bonds is 4. The molecule has 2 aromatic rings. The smallest absolute Gasteiger partial charge is 0.224 e. The van der Waals surface area contributed by atoms with Crippen LogP contribution in [0.2, 0.25) is 0 Å². The number of nitrogens with two attached hydrogens (primary N) is 1. The highest BCUT2D eigenvalue weighted by atomic mass is 15.2. The molecule has 0 saturated heterocycles. The molecule has 1 unspecified atom stereocenters. The van der Waals surface area contributed by atoms with E-state index in [4.69, 9.17) is 5.73 Å². The van der Waals surface area contributed by atoms with Crippen molar-refractivity contribution in [3.8, 4) is 0 Å². The number of nitrogens with one attached hydrogen (secondary N) is 2. The predicted molar refractivity (Wildman–Crippen MR) is 80.4 cm³/mol. The first-order chi connectivity index (χ1) is 9.78. The summed E-state index contributed by atoms with van der Waals surface area (Å²) < 4.78 is 0. The van der Waals surface area contributed by atoms with E-state index in [0.717, 1.165) is 23.5 Å². The Morgan fingerprint density at radius 3 is 2.90 bits per heavy atom. The molecule has 4 N–H and O–H groups in total. The standard InChI is InChI=1S/C14H22N6/c1-2-11(9-6-4-3-5-7-9)17-12-10-8-16-20-13(10)19-14(15)18-12/h8-9,11H,2-7H2,1H3,(H4,15,16,17,18,19,20). The van der Waals surface area contributed by atoms with Crippen molar-refractivity contribution >= 4 is 22.8 Å². The molecule has 0 amide bonds. The van der Waals surface area contributed by atoms with E-state index in [-0.39, 0.29) is 5.95 Å². The van der Waals surface area contributed by atoms with Crippen LogP contribution in [0.1, 0.15) is 45.4 Å². The summed E-state index contributed by atoms with van der Waals surface area (Å²) in [6.07, 6.45) is 9.52. The first-order valence-corrected chi connectivity index (χ1v) is 7.51. The third-order valence-electron chi connectivity index (χ3n) is 4.31. The number of aromatic amines is 1. The van der Waals surface area contributed by atoms with E-state index in [1.54, 1.807) is 6.20 Å². The van der Waals surface area contributed by atoms with Gasteiger partial charge < -0.3 is 11.1 Å². The van der Waals surface area contributed by atoms with Gasteiger partial charge in [0.05, 0.1) is 11.6 Å². The van der Waals surface area contributed by atoms with E-state index < -0.39 is 0 Å². The van der Waals surface area contributed by atoms with Crippen molar-refractivity contribution < 1.29 is 0 Å². The summed E-state index contributed by atoms with van der Waals surface area (Å²) in [5.41, 5.74) is 6.46. The molecule has 108 valence electrons. The molecule has 0 bridgehead atoms. The van der Waals surface area contributed by atoms with Crippen molar-refractivity contribution in [3.05, 3.63) is 6.20 Å². The number of nitrogen functional groups attached to an aromatic ring is 1. The second kappa shape index (κ2) is 5.64. The van der Waals surface area contributed by atoms with Crippen LogP contribution in [0, 0.1) is 5.92 Å². The lowest BCUT2D eigenvalue weighted by molar-refractivity contribution is 0.313. The van der Waals surface area contributed by atoms with Gasteiger partial charge in [-0.25, -0.2) is 0 Å². The maximum atomic E-state index is 5.77. The highest BCUT2D eigenvalue weighted by molar-refractivity contribution is 5.86. The quantitative estimate of drug-likeness (QED) is 0.797. The molecule has 0 spiro atoms. The number of anilines is 2. The van der Waals surface area contributed by atoms with Crippen molar-refractivity contribution in [1.29, 1.82) is 0 Å². The molecule has 2 aromatic heterocycles. The summed E-state index contributed by atoms with van der Waals surface area (Å²) >= 11 is 0. The monoisotopic (exact) mass is 274 g/mol. The second-order valence-electron chi connectivity index (χ2n) is 5.62. The third kappa shape index (κ3) is 2.55. The Balaban J connectivity index is 1.84. The van der Waals surface area contributed by atoms with E-state index in [1.165, 1.54) is 32.1 Å². The van der Waals surface area contributed by atoms with Crippen molar-refractivity contribution in [2.24, 2.45) is 5.92 Å². The van der Waals surface area contributed by atoms with Gasteiger partial charge in [0.25, 0.3) is 0 Å². The first kappa shape index (κ1) is 13.1. The molecule has 1 aliphatic carbocycles. The molecule has 3 rings (SSSR count). The Labute approximate surface area is 118 Å². The van der Waals surface area contributed by atoms with E-state index >= 15 is 0 Å². The maximum Gasteiger partial charge on any atom is 0.224 e. The van der Waals surface area contributed by atoms with Gasteiger partial charge in [-0.05, 0) is 25.2 Å². The summed E-state index contributed by atoms with van der Waals surface area (Å²) in [6.45, 7) is 2.23. The summed E-state index contributed by atoms with van der Waals surface area (Å²) in [4.78, 5) is 8.50. The van der Waals surface area contributed by atoms with Crippen LogP contribution in [-0.2, 0) is 0 Å². The topological polar surface area (TPSA) is 92.5 Å². The number of hydrogen-bond acceptors (Lipinski definition) is 5. The third-order valence-corrected chi connectivity index (χ3v) is 4.31. The zero-order chi connectivity index (χ0) is 13.9. The van der Waals surface area contributed by atoms with Crippen LogP contribution >= 0.6 is 0 Å². The molecule has 1 saturated carbocycles. The van der Waals surface area contributed by atoms with Crippen molar-refractivity contribution in [3.63, 3.8) is 0 Å². The lowest BCUT2D eigenvalue weighted by Gasteiger charge is -2.30. The van der Waals surface area contributed by atoms with Gasteiger partial charge in [0.1, 0.15) is 5.82 Å². The van der Waals surface area contributed by atoms with E-state index in [9.17, 15) is 0 Å². The Kier molecular flexibility index (Phi) is 3.71. The average molecular weight is 274 g/mol. The fraction of sp³-hybridized carbons (Fsp3) is 0.643. The van der Waals surface area contributed by atoms with Crippen LogP contribution in [0.15, 0.2) is 6.20 Å². The average Bonchev–Trinajstić information content (AvgIpc) is 2.93. The van der Waals surface area contributed by atoms with Gasteiger partial charge in [-0.15, -0.1) is 0 Å². The molecule has 6 nitrogen and oxygen atoms in total. The number of H-pyrrole nitrogens is 1. The molecule has 2 heterocycles. The number of aromatic nitrogens is 4. The van der Waals surface area contributed by atoms with Crippen LogP contribution in [0.5, 0.6) is 0 Å². The van der Waals surface area contributed by atoms with Crippen LogP contribution in [0.4, 0.5) is 11.8 Å². The Morgan fingerprint density at radius 2 is 2.15 bits per heavy atom. The SMILES string of the molecule is CCC(Nc1nc(N)nc2[nH]ncc12)C1CCCCC1. The highest BCUT2D eigenvalue weighted by Crippen LogP contribution is 2.30. The summed E-state index contributed by atoms with van der Waals surface area (Å²) in [5.74, 6) is 1.81. The summed E-state index contributed by atoms with van der Waals surface area (Å²) in [5, 5.41) is 11.4. The Bertz CT molecular complexity index is 572. The van der Waals surface area contributed by atoms with Crippen molar-refractivity contribution in [2.75, 3.05) is 11.1 Å². The predicted octanol–water partition coefficient (Wildman–Crippen LogP) is 2.71. The van der Waals surface area contributed by atoms with Gasteiger partial charge in [0.2, 0.25) is 5.95 Å². The molecule has 1 atom stereocenters. The van der Waals surface area contributed by atoms with E-state index in [0.29, 0.717) is 11.7 Å². The van der Waals surface area contributed by atoms with Crippen LogP contribution < -0.4 is 11.1 Å². The van der Waals surface area contributed by atoms with Crippen molar-refractivity contribution in [2.45, 2.75) is 51.5 Å². The van der Waals surface area contributed by atoms with E-state index in [2.05, 4.69) is 32.4 Å². The largest absolute Gasteiger partial charge is 0.368 e. The molecule has 1 aliphatic rings. The Hall–Kier alpha value is -1.85. The van der Waals surface area contributed by atoms with E-state index in [1.807, 2.05) is 0 Å². The molecule has 1 fully saturated rings. The minimum atomic E-state index is 0.280. The second-order valence-corrected chi connectivity index (χ2v) is 5.62. The van der Waals surface area contributed by atoms with Crippen LogP contribution in [0.3, 0.4) is 0 Å². The minimum absolute atomic E-state index is 0.280. The molecule has 20 heavy (non-hydrogen) atoms. The molecule has 6 heteroatoms. The van der Waals surface area contributed by atoms with Gasteiger partial charge in [-0.3, -0.25) is 5.10 Å². The lowest BCUT2D eigenvalue weighted by Crippen LogP contribution is -2.30. The maximum absolute atomic E-state index is 5.77. The van der Waals surface area contributed by atoms with Gasteiger partial charge in [-0.1, -0.05) is 26.2 Å². The van der Waals surface area contributed by atoms with Gasteiger partial charge in [0.15, 0.2) is 5.65 Å². The van der Waals surface area contributed by atoms with Gasteiger partial charge >= 0.3 is 0 Å². The summed E-state index contributed by atoms with van der Waals surface area (Å²) in [6, 6.07) is 0.447. The number of fused-ring (bicyclic) bond motifs is 1. The zero-order valence-electron chi connectivity index (χ0n) is 11.9.